The smallest absolute Gasteiger partial charge is 0.337 e. The van der Waals surface area contributed by atoms with E-state index in [1.54, 1.807) is 48.4 Å². The Bertz CT molecular complexity index is 1260. The third-order valence-corrected chi connectivity index (χ3v) is 6.23. The van der Waals surface area contributed by atoms with Gasteiger partial charge in [0, 0.05) is 12.2 Å². The molecule has 1 heterocycles. The quantitative estimate of drug-likeness (QED) is 0.367. The molecule has 3 aromatic carbocycles. The molecule has 0 aromatic heterocycles. The summed E-state index contributed by atoms with van der Waals surface area (Å²) in [5.74, 6) is -0.362. The van der Waals surface area contributed by atoms with Gasteiger partial charge < -0.3 is 19.7 Å². The van der Waals surface area contributed by atoms with Crippen LogP contribution in [0.2, 0.25) is 0 Å². The number of hydrogen-bond acceptors (Lipinski definition) is 6. The first kappa shape index (κ1) is 24.9. The minimum Gasteiger partial charge on any atom is -0.497 e. The Hall–Kier alpha value is -4.24. The molecule has 1 fully saturated rings. The summed E-state index contributed by atoms with van der Waals surface area (Å²) < 4.78 is 9.92. The SMILES string of the molecule is COC(=O)c1ccc(NC(=O)CC2C(=O)N(c3ccccc3)C(=S)N2Cc2ccc(OC)cc2)cc1. The molecule has 0 radical (unpaired) electrons. The van der Waals surface area contributed by atoms with Crippen LogP contribution in [0.25, 0.3) is 0 Å². The number of para-hydroxylation sites is 1. The summed E-state index contributed by atoms with van der Waals surface area (Å²) in [6.07, 6.45) is -0.1000. The van der Waals surface area contributed by atoms with Gasteiger partial charge in [-0.1, -0.05) is 30.3 Å². The second-order valence-electron chi connectivity index (χ2n) is 8.10. The zero-order valence-corrected chi connectivity index (χ0v) is 20.7. The molecular weight excluding hydrogens is 478 g/mol. The molecule has 1 aliphatic rings. The first-order chi connectivity index (χ1) is 17.4. The Labute approximate surface area is 214 Å². The van der Waals surface area contributed by atoms with Crippen molar-refractivity contribution in [1.82, 2.24) is 4.90 Å². The predicted octanol–water partition coefficient (Wildman–Crippen LogP) is 4.01. The Morgan fingerprint density at radius 1 is 0.944 bits per heavy atom. The van der Waals surface area contributed by atoms with Crippen molar-refractivity contribution < 1.29 is 23.9 Å². The average Bonchev–Trinajstić information content (AvgIpc) is 3.13. The molecule has 1 N–H and O–H groups in total. The Balaban J connectivity index is 1.55. The van der Waals surface area contributed by atoms with Gasteiger partial charge in [0.2, 0.25) is 5.91 Å². The zero-order chi connectivity index (χ0) is 25.7. The number of rotatable bonds is 8. The van der Waals surface area contributed by atoms with E-state index in [2.05, 4.69) is 5.32 Å². The van der Waals surface area contributed by atoms with Gasteiger partial charge >= 0.3 is 5.97 Å². The number of carbonyl (C=O) groups is 3. The van der Waals surface area contributed by atoms with Crippen LogP contribution >= 0.6 is 12.2 Å². The van der Waals surface area contributed by atoms with Crippen LogP contribution in [0, 0.1) is 0 Å². The Kier molecular flexibility index (Phi) is 7.60. The van der Waals surface area contributed by atoms with Crippen molar-refractivity contribution in [1.29, 1.82) is 0 Å². The topological polar surface area (TPSA) is 88.2 Å². The number of ether oxygens (including phenoxy) is 2. The molecule has 2 amide bonds. The van der Waals surface area contributed by atoms with Gasteiger partial charge in [0.25, 0.3) is 5.91 Å². The van der Waals surface area contributed by atoms with E-state index in [0.717, 1.165) is 11.3 Å². The van der Waals surface area contributed by atoms with E-state index < -0.39 is 12.0 Å². The van der Waals surface area contributed by atoms with Crippen LogP contribution in [0.1, 0.15) is 22.3 Å². The van der Waals surface area contributed by atoms with E-state index >= 15 is 0 Å². The first-order valence-electron chi connectivity index (χ1n) is 11.2. The molecule has 1 atom stereocenters. The molecule has 3 aromatic rings. The highest BCUT2D eigenvalue weighted by Crippen LogP contribution is 2.29. The van der Waals surface area contributed by atoms with Crippen LogP contribution in [0.4, 0.5) is 11.4 Å². The molecule has 184 valence electrons. The zero-order valence-electron chi connectivity index (χ0n) is 19.8. The fraction of sp³-hybridized carbons (Fsp3) is 0.185. The highest BCUT2D eigenvalue weighted by atomic mass is 32.1. The summed E-state index contributed by atoms with van der Waals surface area (Å²) in [6, 6.07) is 22.2. The number of anilines is 2. The number of hydrogen-bond donors (Lipinski definition) is 1. The standard InChI is InChI=1S/C27H25N3O5S/c1-34-22-14-8-18(9-15-22)17-29-23(25(32)30(27(29)36)21-6-4-3-5-7-21)16-24(31)28-20-12-10-19(11-13-20)26(33)35-2/h3-15,23H,16-17H2,1-2H3,(H,28,31). The van der Waals surface area contributed by atoms with Crippen molar-refractivity contribution in [3.05, 3.63) is 90.0 Å². The summed E-state index contributed by atoms with van der Waals surface area (Å²) in [5, 5.41) is 3.13. The van der Waals surface area contributed by atoms with E-state index in [1.165, 1.54) is 12.0 Å². The normalized spacial score (nSPS) is 15.1. The molecule has 0 spiro atoms. The van der Waals surface area contributed by atoms with E-state index in [-0.39, 0.29) is 18.2 Å². The molecule has 1 saturated heterocycles. The molecule has 8 nitrogen and oxygen atoms in total. The van der Waals surface area contributed by atoms with E-state index in [9.17, 15) is 14.4 Å². The van der Waals surface area contributed by atoms with Crippen molar-refractivity contribution in [3.63, 3.8) is 0 Å². The number of thiocarbonyl (C=S) groups is 1. The lowest BCUT2D eigenvalue weighted by molar-refractivity contribution is -0.124. The number of nitrogens with zero attached hydrogens (tertiary/aromatic N) is 2. The lowest BCUT2D eigenvalue weighted by Gasteiger charge is -2.24. The molecule has 0 aliphatic carbocycles. The average molecular weight is 504 g/mol. The summed E-state index contributed by atoms with van der Waals surface area (Å²) >= 11 is 5.71. The van der Waals surface area contributed by atoms with Crippen molar-refractivity contribution in [3.8, 4) is 5.75 Å². The maximum Gasteiger partial charge on any atom is 0.337 e. The van der Waals surface area contributed by atoms with Crippen molar-refractivity contribution in [2.24, 2.45) is 0 Å². The van der Waals surface area contributed by atoms with Crippen molar-refractivity contribution >= 4 is 46.5 Å². The maximum atomic E-state index is 13.5. The van der Waals surface area contributed by atoms with Crippen LogP contribution in [-0.2, 0) is 20.9 Å². The third kappa shape index (κ3) is 5.36. The minimum absolute atomic E-state index is 0.1000. The summed E-state index contributed by atoms with van der Waals surface area (Å²) in [5.41, 5.74) is 2.44. The number of benzene rings is 3. The van der Waals surface area contributed by atoms with Gasteiger partial charge in [0.05, 0.1) is 31.9 Å². The Morgan fingerprint density at radius 3 is 2.22 bits per heavy atom. The van der Waals surface area contributed by atoms with Gasteiger partial charge in [0.15, 0.2) is 5.11 Å². The summed E-state index contributed by atoms with van der Waals surface area (Å²) in [4.78, 5) is 41.3. The molecule has 1 unspecified atom stereocenters. The second kappa shape index (κ2) is 11.0. The molecule has 4 rings (SSSR count). The van der Waals surface area contributed by atoms with Crippen molar-refractivity contribution in [2.75, 3.05) is 24.4 Å². The molecule has 0 saturated carbocycles. The van der Waals surface area contributed by atoms with Gasteiger partial charge in [-0.25, -0.2) is 4.79 Å². The maximum absolute atomic E-state index is 13.5. The third-order valence-electron chi connectivity index (χ3n) is 5.81. The predicted molar refractivity (Wildman–Crippen MR) is 140 cm³/mol. The van der Waals surface area contributed by atoms with Gasteiger partial charge in [0.1, 0.15) is 11.8 Å². The highest BCUT2D eigenvalue weighted by molar-refractivity contribution is 7.80. The fourth-order valence-corrected chi connectivity index (χ4v) is 4.34. The van der Waals surface area contributed by atoms with Crippen LogP contribution in [0.15, 0.2) is 78.9 Å². The lowest BCUT2D eigenvalue weighted by atomic mass is 10.1. The summed E-state index contributed by atoms with van der Waals surface area (Å²) in [7, 11) is 2.90. The van der Waals surface area contributed by atoms with Crippen molar-refractivity contribution in [2.45, 2.75) is 19.0 Å². The number of esters is 1. The largest absolute Gasteiger partial charge is 0.497 e. The highest BCUT2D eigenvalue weighted by Gasteiger charge is 2.44. The van der Waals surface area contributed by atoms with E-state index in [1.807, 2.05) is 42.5 Å². The number of amides is 2. The number of methoxy groups -OCH3 is 2. The van der Waals surface area contributed by atoms with Crippen LogP contribution in [0.3, 0.4) is 0 Å². The summed E-state index contributed by atoms with van der Waals surface area (Å²) in [6.45, 7) is 0.351. The van der Waals surface area contributed by atoms with Gasteiger partial charge in [-0.2, -0.15) is 0 Å². The molecule has 9 heteroatoms. The minimum atomic E-state index is -0.783. The second-order valence-corrected chi connectivity index (χ2v) is 8.47. The van der Waals surface area contributed by atoms with E-state index in [4.69, 9.17) is 21.7 Å². The fourth-order valence-electron chi connectivity index (χ4n) is 3.95. The number of nitrogens with one attached hydrogen (secondary N) is 1. The van der Waals surface area contributed by atoms with Gasteiger partial charge in [-0.15, -0.1) is 0 Å². The molecule has 0 bridgehead atoms. The molecule has 1 aliphatic heterocycles. The first-order valence-corrected chi connectivity index (χ1v) is 11.6. The molecule has 36 heavy (non-hydrogen) atoms. The van der Waals surface area contributed by atoms with E-state index in [0.29, 0.717) is 28.6 Å². The van der Waals surface area contributed by atoms with Gasteiger partial charge in [-0.3, -0.25) is 14.5 Å². The Morgan fingerprint density at radius 2 is 1.61 bits per heavy atom. The number of carbonyl (C=O) groups excluding carboxylic acids is 3. The van der Waals surface area contributed by atoms with Crippen LogP contribution in [-0.4, -0.2) is 48.1 Å². The van der Waals surface area contributed by atoms with Crippen LogP contribution < -0.4 is 15.0 Å². The lowest BCUT2D eigenvalue weighted by Crippen LogP contribution is -2.37. The monoisotopic (exact) mass is 503 g/mol. The van der Waals surface area contributed by atoms with Gasteiger partial charge in [-0.05, 0) is 66.3 Å². The van der Waals surface area contributed by atoms with Crippen LogP contribution in [0.5, 0.6) is 5.75 Å². The molecular formula is C27H25N3O5S.